The molecule has 0 saturated heterocycles. The van der Waals surface area contributed by atoms with E-state index in [1.165, 1.54) is 0 Å². The summed E-state index contributed by atoms with van der Waals surface area (Å²) in [5.74, 6) is 0. The van der Waals surface area contributed by atoms with E-state index < -0.39 is 8.60 Å². The Balaban J connectivity index is 4.19. The number of hydrogen-bond acceptors (Lipinski definition) is 4. The lowest BCUT2D eigenvalue weighted by Crippen LogP contribution is -2.35. The van der Waals surface area contributed by atoms with Crippen LogP contribution in [0.5, 0.6) is 0 Å². The summed E-state index contributed by atoms with van der Waals surface area (Å²) in [4.78, 5) is 0. The van der Waals surface area contributed by atoms with E-state index >= 15 is 0 Å². The minimum atomic E-state index is -1.24. The first-order valence-electron chi connectivity index (χ1n) is 5.55. The van der Waals surface area contributed by atoms with Gasteiger partial charge in [-0.15, -0.1) is 0 Å². The average Bonchev–Trinajstić information content (AvgIpc) is 2.13. The van der Waals surface area contributed by atoms with Gasteiger partial charge in [0.25, 0.3) is 0 Å². The highest BCUT2D eigenvalue weighted by Crippen LogP contribution is 2.41. The molecule has 0 atom stereocenters. The Kier molecular flexibility index (Phi) is 8.58. The Labute approximate surface area is 94.8 Å². The second-order valence-corrected chi connectivity index (χ2v) is 4.82. The Bertz CT molecular complexity index is 142. The fourth-order valence-corrected chi connectivity index (χ4v) is 2.28. The lowest BCUT2D eigenvalue weighted by atomic mass is 10.3. The van der Waals surface area contributed by atoms with Crippen LogP contribution >= 0.6 is 8.60 Å². The van der Waals surface area contributed by atoms with Gasteiger partial charge in [0.1, 0.15) is 0 Å². The second-order valence-electron chi connectivity index (χ2n) is 3.69. The smallest absolute Gasteiger partial charge is 0.312 e. The maximum Gasteiger partial charge on any atom is 0.350 e. The quantitative estimate of drug-likeness (QED) is 0.478. The average molecular weight is 237 g/mol. The number of hydroxylamine groups is 2. The standard InChI is InChI=1S/C10H24NO3P/c1-7-12-15(13-8-2)14-11(9(3)4)10(5)6/h9-10H,7-8H2,1-6H3. The van der Waals surface area contributed by atoms with E-state index in [4.69, 9.17) is 13.7 Å². The van der Waals surface area contributed by atoms with Gasteiger partial charge < -0.3 is 9.05 Å². The third-order valence-electron chi connectivity index (χ3n) is 1.65. The molecule has 15 heavy (non-hydrogen) atoms. The van der Waals surface area contributed by atoms with Crippen molar-refractivity contribution in [2.24, 2.45) is 0 Å². The molecule has 0 aliphatic carbocycles. The third kappa shape index (κ3) is 6.44. The van der Waals surface area contributed by atoms with Gasteiger partial charge in [0.2, 0.25) is 0 Å². The summed E-state index contributed by atoms with van der Waals surface area (Å²) in [6.45, 7) is 13.4. The predicted octanol–water partition coefficient (Wildman–Crippen LogP) is 3.34. The van der Waals surface area contributed by atoms with Gasteiger partial charge in [-0.05, 0) is 41.5 Å². The zero-order chi connectivity index (χ0) is 11.8. The molecule has 0 N–H and O–H groups in total. The molecule has 0 amide bonds. The molecule has 0 aliphatic heterocycles. The molecule has 0 aromatic rings. The maximum atomic E-state index is 5.71. The van der Waals surface area contributed by atoms with Gasteiger partial charge in [0.05, 0.1) is 13.2 Å². The topological polar surface area (TPSA) is 30.9 Å². The predicted molar refractivity (Wildman–Crippen MR) is 63.4 cm³/mol. The zero-order valence-electron chi connectivity index (χ0n) is 10.7. The summed E-state index contributed by atoms with van der Waals surface area (Å²) >= 11 is 0. The first kappa shape index (κ1) is 15.3. The van der Waals surface area contributed by atoms with Crippen LogP contribution in [0.2, 0.25) is 0 Å². The van der Waals surface area contributed by atoms with Crippen LogP contribution in [-0.2, 0) is 13.7 Å². The third-order valence-corrected chi connectivity index (χ3v) is 2.91. The molecule has 0 unspecified atom stereocenters. The molecule has 0 aromatic carbocycles. The van der Waals surface area contributed by atoms with Crippen molar-refractivity contribution in [2.75, 3.05) is 13.2 Å². The molecule has 0 fully saturated rings. The van der Waals surface area contributed by atoms with Crippen LogP contribution in [-0.4, -0.2) is 30.4 Å². The van der Waals surface area contributed by atoms with Gasteiger partial charge in [-0.3, -0.25) is 0 Å². The van der Waals surface area contributed by atoms with E-state index in [0.717, 1.165) is 0 Å². The fourth-order valence-electron chi connectivity index (χ4n) is 1.16. The van der Waals surface area contributed by atoms with Crippen LogP contribution in [0, 0.1) is 0 Å². The van der Waals surface area contributed by atoms with Crippen molar-refractivity contribution in [1.82, 2.24) is 5.06 Å². The largest absolute Gasteiger partial charge is 0.350 e. The molecule has 0 saturated carbocycles. The molecule has 0 spiro atoms. The van der Waals surface area contributed by atoms with Crippen molar-refractivity contribution in [3.05, 3.63) is 0 Å². The summed E-state index contributed by atoms with van der Waals surface area (Å²) in [5.41, 5.74) is 0. The van der Waals surface area contributed by atoms with Gasteiger partial charge in [-0.1, -0.05) is 0 Å². The monoisotopic (exact) mass is 237 g/mol. The van der Waals surface area contributed by atoms with Crippen molar-refractivity contribution < 1.29 is 13.7 Å². The van der Waals surface area contributed by atoms with E-state index in [2.05, 4.69) is 27.7 Å². The van der Waals surface area contributed by atoms with Crippen molar-refractivity contribution >= 4 is 8.60 Å². The van der Waals surface area contributed by atoms with Crippen molar-refractivity contribution in [1.29, 1.82) is 0 Å². The molecule has 0 rings (SSSR count). The minimum Gasteiger partial charge on any atom is -0.312 e. The van der Waals surface area contributed by atoms with Crippen LogP contribution < -0.4 is 0 Å². The van der Waals surface area contributed by atoms with E-state index in [1.54, 1.807) is 0 Å². The molecule has 4 nitrogen and oxygen atoms in total. The Morgan fingerprint density at radius 3 is 1.60 bits per heavy atom. The summed E-state index contributed by atoms with van der Waals surface area (Å²) in [7, 11) is -1.24. The van der Waals surface area contributed by atoms with Crippen LogP contribution in [0.15, 0.2) is 0 Å². The molecular formula is C10H24NO3P. The first-order chi connectivity index (χ1) is 7.02. The number of rotatable bonds is 8. The molecule has 0 aliphatic rings. The van der Waals surface area contributed by atoms with Crippen molar-refractivity contribution in [2.45, 2.75) is 53.6 Å². The van der Waals surface area contributed by atoms with Gasteiger partial charge in [0, 0.05) is 12.1 Å². The Morgan fingerprint density at radius 2 is 1.33 bits per heavy atom. The van der Waals surface area contributed by atoms with Gasteiger partial charge in [-0.25, -0.2) is 4.62 Å². The van der Waals surface area contributed by atoms with Gasteiger partial charge >= 0.3 is 8.60 Å². The van der Waals surface area contributed by atoms with Crippen LogP contribution in [0.4, 0.5) is 0 Å². The van der Waals surface area contributed by atoms with Crippen LogP contribution in [0.3, 0.4) is 0 Å². The first-order valence-corrected chi connectivity index (χ1v) is 6.64. The molecule has 5 heteroatoms. The fraction of sp³-hybridized carbons (Fsp3) is 1.00. The van der Waals surface area contributed by atoms with E-state index in [9.17, 15) is 0 Å². The van der Waals surface area contributed by atoms with Crippen molar-refractivity contribution in [3.63, 3.8) is 0 Å². The molecule has 0 bridgehead atoms. The second kappa shape index (κ2) is 8.43. The van der Waals surface area contributed by atoms with E-state index in [1.807, 2.05) is 18.9 Å². The molecule has 0 aromatic heterocycles. The summed E-state index contributed by atoms with van der Waals surface area (Å²) in [6, 6.07) is 0.631. The lowest BCUT2D eigenvalue weighted by Gasteiger charge is -2.31. The molecule has 0 radical (unpaired) electrons. The summed E-state index contributed by atoms with van der Waals surface area (Å²) < 4.78 is 16.5. The number of nitrogens with zero attached hydrogens (tertiary/aromatic N) is 1. The zero-order valence-corrected chi connectivity index (χ0v) is 11.6. The minimum absolute atomic E-state index is 0.316. The number of hydrogen-bond donors (Lipinski definition) is 0. The van der Waals surface area contributed by atoms with E-state index in [0.29, 0.717) is 25.3 Å². The lowest BCUT2D eigenvalue weighted by molar-refractivity contribution is -0.124. The molecule has 0 heterocycles. The highest BCUT2D eigenvalue weighted by molar-refractivity contribution is 7.41. The SMILES string of the molecule is CCOP(OCC)ON(C(C)C)C(C)C. The van der Waals surface area contributed by atoms with Crippen LogP contribution in [0.25, 0.3) is 0 Å². The maximum absolute atomic E-state index is 5.71. The molecular weight excluding hydrogens is 213 g/mol. The van der Waals surface area contributed by atoms with Gasteiger partial charge in [-0.2, -0.15) is 5.06 Å². The Morgan fingerprint density at radius 1 is 0.933 bits per heavy atom. The van der Waals surface area contributed by atoms with Crippen LogP contribution in [0.1, 0.15) is 41.5 Å². The summed E-state index contributed by atoms with van der Waals surface area (Å²) in [6.07, 6.45) is 0. The Hall–Kier alpha value is 0.270. The van der Waals surface area contributed by atoms with E-state index in [-0.39, 0.29) is 0 Å². The summed E-state index contributed by atoms with van der Waals surface area (Å²) in [5, 5.41) is 1.91. The highest BCUT2D eigenvalue weighted by Gasteiger charge is 2.21. The van der Waals surface area contributed by atoms with Gasteiger partial charge in [0.15, 0.2) is 0 Å². The highest BCUT2D eigenvalue weighted by atomic mass is 31.2. The normalized spacial score (nSPS) is 12.4. The van der Waals surface area contributed by atoms with Crippen molar-refractivity contribution in [3.8, 4) is 0 Å². The molecule has 92 valence electrons.